The predicted octanol–water partition coefficient (Wildman–Crippen LogP) is 3.99. The Kier molecular flexibility index (Phi) is 5.18. The average molecular weight is 412 g/mol. The van der Waals surface area contributed by atoms with Crippen LogP contribution in [0.25, 0.3) is 21.9 Å². The molecule has 9 heteroatoms. The van der Waals surface area contributed by atoms with Crippen LogP contribution in [0.5, 0.6) is 5.75 Å². The molecule has 2 heterocycles. The quantitative estimate of drug-likeness (QED) is 0.496. The maximum atomic E-state index is 12.9. The van der Waals surface area contributed by atoms with Crippen molar-refractivity contribution in [3.8, 4) is 16.9 Å². The molecule has 4 aromatic rings. The van der Waals surface area contributed by atoms with E-state index in [2.05, 4.69) is 19.8 Å². The first kappa shape index (κ1) is 19.6. The van der Waals surface area contributed by atoms with Crippen LogP contribution in [0.1, 0.15) is 5.69 Å². The first-order chi connectivity index (χ1) is 14.4. The number of hydrogen-bond acceptors (Lipinski definition) is 5. The first-order valence-electron chi connectivity index (χ1n) is 9.00. The van der Waals surface area contributed by atoms with Gasteiger partial charge in [0.05, 0.1) is 18.1 Å². The third-order valence-corrected chi connectivity index (χ3v) is 4.50. The van der Waals surface area contributed by atoms with E-state index in [-0.39, 0.29) is 11.3 Å². The van der Waals surface area contributed by atoms with Crippen molar-refractivity contribution < 1.29 is 17.9 Å². The molecule has 0 spiro atoms. The number of aryl methyl sites for hydroxylation is 2. The summed E-state index contributed by atoms with van der Waals surface area (Å²) in [6.45, 7) is 0.361. The van der Waals surface area contributed by atoms with Crippen molar-refractivity contribution in [3.05, 3.63) is 83.3 Å². The van der Waals surface area contributed by atoms with Crippen LogP contribution in [-0.4, -0.2) is 26.1 Å². The van der Waals surface area contributed by atoms with Gasteiger partial charge in [0.1, 0.15) is 12.1 Å². The fourth-order valence-electron chi connectivity index (χ4n) is 3.05. The van der Waals surface area contributed by atoms with Crippen molar-refractivity contribution in [3.63, 3.8) is 0 Å². The Labute approximate surface area is 168 Å². The fourth-order valence-corrected chi connectivity index (χ4v) is 3.05. The number of nitrogens with zero attached hydrogens (tertiary/aromatic N) is 4. The van der Waals surface area contributed by atoms with Gasteiger partial charge in [-0.1, -0.05) is 24.3 Å². The summed E-state index contributed by atoms with van der Waals surface area (Å²) in [5, 5.41) is 5.36. The van der Waals surface area contributed by atoms with E-state index in [4.69, 9.17) is 0 Å². The van der Waals surface area contributed by atoms with E-state index >= 15 is 0 Å². The second-order valence-corrected chi connectivity index (χ2v) is 6.50. The molecule has 0 saturated carbocycles. The first-order valence-corrected chi connectivity index (χ1v) is 9.00. The van der Waals surface area contributed by atoms with Crippen LogP contribution in [0.2, 0.25) is 0 Å². The molecule has 0 fully saturated rings. The maximum absolute atomic E-state index is 12.9. The molecular weight excluding hydrogens is 397 g/mol. The van der Waals surface area contributed by atoms with E-state index in [1.54, 1.807) is 36.7 Å². The highest BCUT2D eigenvalue weighted by atomic mass is 19.4. The number of fused-ring (bicyclic) bond motifs is 1. The summed E-state index contributed by atoms with van der Waals surface area (Å²) in [5.41, 5.74) is 1.91. The zero-order valence-corrected chi connectivity index (χ0v) is 15.5. The second kappa shape index (κ2) is 7.94. The van der Waals surface area contributed by atoms with Crippen molar-refractivity contribution in [2.75, 3.05) is 0 Å². The van der Waals surface area contributed by atoms with Crippen molar-refractivity contribution in [2.45, 2.75) is 19.3 Å². The van der Waals surface area contributed by atoms with Gasteiger partial charge in [-0.05, 0) is 35.4 Å². The molecule has 0 unspecified atom stereocenters. The van der Waals surface area contributed by atoms with Crippen LogP contribution in [0, 0.1) is 0 Å². The maximum Gasteiger partial charge on any atom is 0.573 e. The summed E-state index contributed by atoms with van der Waals surface area (Å²) in [7, 11) is 0. The van der Waals surface area contributed by atoms with Gasteiger partial charge in [0, 0.05) is 23.7 Å². The van der Waals surface area contributed by atoms with E-state index in [0.29, 0.717) is 34.9 Å². The van der Waals surface area contributed by atoms with Crippen LogP contribution in [-0.2, 0) is 13.0 Å². The lowest BCUT2D eigenvalue weighted by molar-refractivity contribution is -0.274. The third-order valence-electron chi connectivity index (χ3n) is 4.50. The molecule has 30 heavy (non-hydrogen) atoms. The molecule has 0 atom stereocenters. The highest BCUT2D eigenvalue weighted by molar-refractivity contribution is 5.86. The van der Waals surface area contributed by atoms with Gasteiger partial charge in [0.25, 0.3) is 5.56 Å². The Bertz CT molecular complexity index is 1220. The molecular formula is C21H15F3N4O2. The minimum atomic E-state index is -4.74. The molecule has 2 aromatic carbocycles. The van der Waals surface area contributed by atoms with Gasteiger partial charge in [-0.2, -0.15) is 5.10 Å². The number of benzene rings is 2. The lowest BCUT2D eigenvalue weighted by Gasteiger charge is -2.10. The fraction of sp³-hybridized carbons (Fsp3) is 0.143. The van der Waals surface area contributed by atoms with E-state index < -0.39 is 6.36 Å². The number of aromatic nitrogens is 4. The molecule has 4 rings (SSSR count). The van der Waals surface area contributed by atoms with Gasteiger partial charge in [-0.15, -0.1) is 13.2 Å². The van der Waals surface area contributed by atoms with Crippen LogP contribution >= 0.6 is 0 Å². The van der Waals surface area contributed by atoms with E-state index in [1.807, 2.05) is 0 Å². The summed E-state index contributed by atoms with van der Waals surface area (Å²) in [5.74, 6) is -0.302. The Morgan fingerprint density at radius 3 is 2.47 bits per heavy atom. The molecule has 0 aliphatic rings. The minimum absolute atomic E-state index is 0.250. The topological polar surface area (TPSA) is 69.9 Å². The Morgan fingerprint density at radius 2 is 1.77 bits per heavy atom. The Hall–Kier alpha value is -3.75. The molecule has 0 saturated heterocycles. The molecule has 152 valence electrons. The van der Waals surface area contributed by atoms with Gasteiger partial charge in [-0.3, -0.25) is 4.79 Å². The molecule has 0 N–H and O–H groups in total. The largest absolute Gasteiger partial charge is 0.573 e. The predicted molar refractivity (Wildman–Crippen MR) is 104 cm³/mol. The molecule has 0 aliphatic carbocycles. The summed E-state index contributed by atoms with van der Waals surface area (Å²) in [6, 6.07) is 12.5. The standard InChI is InChI=1S/C21H15F3N4O2/c22-21(23,24)30-18-5-3-14(4-6-18)15-1-2-16-12-27-28(20(29)19(16)11-15)10-8-17-7-9-25-13-26-17/h1-7,9,11-13H,8,10H2. The highest BCUT2D eigenvalue weighted by Gasteiger charge is 2.30. The summed E-state index contributed by atoms with van der Waals surface area (Å²) >= 11 is 0. The molecule has 0 aliphatic heterocycles. The molecule has 0 radical (unpaired) electrons. The van der Waals surface area contributed by atoms with Gasteiger partial charge in [0.15, 0.2) is 0 Å². The molecule has 2 aromatic heterocycles. The van der Waals surface area contributed by atoms with Crippen LogP contribution in [0.3, 0.4) is 0 Å². The monoisotopic (exact) mass is 412 g/mol. The summed E-state index contributed by atoms with van der Waals surface area (Å²) < 4.78 is 42.2. The van der Waals surface area contributed by atoms with E-state index in [9.17, 15) is 18.0 Å². The summed E-state index contributed by atoms with van der Waals surface area (Å²) in [4.78, 5) is 20.9. The van der Waals surface area contributed by atoms with Gasteiger partial charge >= 0.3 is 6.36 Å². The van der Waals surface area contributed by atoms with E-state index in [0.717, 1.165) is 5.69 Å². The lowest BCUT2D eigenvalue weighted by atomic mass is 10.0. The van der Waals surface area contributed by atoms with Gasteiger partial charge < -0.3 is 4.74 Å². The number of ether oxygens (including phenoxy) is 1. The smallest absolute Gasteiger partial charge is 0.406 e. The zero-order valence-electron chi connectivity index (χ0n) is 15.5. The van der Waals surface area contributed by atoms with Crippen molar-refractivity contribution in [1.82, 2.24) is 19.7 Å². The Morgan fingerprint density at radius 1 is 1.00 bits per heavy atom. The average Bonchev–Trinajstić information content (AvgIpc) is 2.73. The third kappa shape index (κ3) is 4.45. The van der Waals surface area contributed by atoms with E-state index in [1.165, 1.54) is 35.3 Å². The SMILES string of the molecule is O=c1c2cc(-c3ccc(OC(F)(F)F)cc3)ccc2cnn1CCc1ccncn1. The number of alkyl halides is 3. The molecule has 0 amide bonds. The minimum Gasteiger partial charge on any atom is -0.406 e. The van der Waals surface area contributed by atoms with Gasteiger partial charge in [-0.25, -0.2) is 14.6 Å². The van der Waals surface area contributed by atoms with Crippen LogP contribution in [0.4, 0.5) is 13.2 Å². The Balaban J connectivity index is 1.61. The molecule has 0 bridgehead atoms. The van der Waals surface area contributed by atoms with Crippen molar-refractivity contribution in [1.29, 1.82) is 0 Å². The highest BCUT2D eigenvalue weighted by Crippen LogP contribution is 2.27. The molecule has 6 nitrogen and oxygen atoms in total. The van der Waals surface area contributed by atoms with Crippen LogP contribution in [0.15, 0.2) is 72.0 Å². The van der Waals surface area contributed by atoms with Gasteiger partial charge in [0.2, 0.25) is 0 Å². The van der Waals surface area contributed by atoms with Crippen molar-refractivity contribution >= 4 is 10.8 Å². The zero-order chi connectivity index (χ0) is 21.1. The second-order valence-electron chi connectivity index (χ2n) is 6.50. The lowest BCUT2D eigenvalue weighted by Crippen LogP contribution is -2.23. The number of hydrogen-bond donors (Lipinski definition) is 0. The number of rotatable bonds is 5. The number of halogens is 3. The summed E-state index contributed by atoms with van der Waals surface area (Å²) in [6.07, 6.45) is 0.482. The van der Waals surface area contributed by atoms with Crippen LogP contribution < -0.4 is 10.3 Å². The van der Waals surface area contributed by atoms with Crippen molar-refractivity contribution in [2.24, 2.45) is 0 Å². The normalized spacial score (nSPS) is 11.6.